The van der Waals surface area contributed by atoms with Gasteiger partial charge in [0, 0.05) is 17.4 Å². The molecule has 0 aliphatic carbocycles. The summed E-state index contributed by atoms with van der Waals surface area (Å²) in [6.07, 6.45) is 1.36. The molecule has 0 aliphatic heterocycles. The van der Waals surface area contributed by atoms with Crippen LogP contribution in [0.5, 0.6) is 0 Å². The van der Waals surface area contributed by atoms with Crippen molar-refractivity contribution in [2.75, 3.05) is 5.32 Å². The fourth-order valence-corrected chi connectivity index (χ4v) is 2.32. The number of ether oxygens (including phenoxy) is 1. The fraction of sp³-hybridized carbons (Fsp3) is 0.0500. The molecule has 0 radical (unpaired) electrons. The summed E-state index contributed by atoms with van der Waals surface area (Å²) < 4.78 is 5.23. The molecule has 5 nitrogen and oxygen atoms in total. The van der Waals surface area contributed by atoms with Crippen LogP contribution in [0.3, 0.4) is 0 Å². The van der Waals surface area contributed by atoms with Gasteiger partial charge in [-0.25, -0.2) is 9.78 Å². The molecule has 0 bridgehead atoms. The zero-order chi connectivity index (χ0) is 18.4. The van der Waals surface area contributed by atoms with Crippen molar-refractivity contribution >= 4 is 29.2 Å². The summed E-state index contributed by atoms with van der Waals surface area (Å²) in [6, 6.07) is 19.2. The van der Waals surface area contributed by atoms with Crippen molar-refractivity contribution < 1.29 is 14.3 Å². The van der Waals surface area contributed by atoms with Crippen LogP contribution < -0.4 is 5.32 Å². The highest BCUT2D eigenvalue weighted by atomic mass is 35.5. The van der Waals surface area contributed by atoms with Crippen molar-refractivity contribution in [3.63, 3.8) is 0 Å². The second-order valence-electron chi connectivity index (χ2n) is 5.46. The van der Waals surface area contributed by atoms with Crippen LogP contribution in [0.25, 0.3) is 0 Å². The highest BCUT2D eigenvalue weighted by Crippen LogP contribution is 2.12. The lowest BCUT2D eigenvalue weighted by Crippen LogP contribution is -2.12. The Hall–Kier alpha value is -3.18. The van der Waals surface area contributed by atoms with Crippen molar-refractivity contribution in [1.82, 2.24) is 4.98 Å². The summed E-state index contributed by atoms with van der Waals surface area (Å²) in [5.74, 6) is -0.688. The normalized spacial score (nSPS) is 10.2. The van der Waals surface area contributed by atoms with E-state index in [0.717, 1.165) is 11.3 Å². The third kappa shape index (κ3) is 4.68. The molecule has 3 aromatic rings. The first kappa shape index (κ1) is 17.6. The maximum atomic E-state index is 12.2. The number of rotatable bonds is 5. The zero-order valence-corrected chi connectivity index (χ0v) is 14.4. The third-order valence-electron chi connectivity index (χ3n) is 3.58. The van der Waals surface area contributed by atoms with Crippen molar-refractivity contribution in [3.8, 4) is 0 Å². The number of benzene rings is 2. The maximum absolute atomic E-state index is 12.2. The monoisotopic (exact) mass is 366 g/mol. The lowest BCUT2D eigenvalue weighted by molar-refractivity contribution is 0.0472. The number of carbonyl (C=O) groups excluding carboxylic acids is 2. The predicted octanol–water partition coefficient (Wildman–Crippen LogP) is 4.34. The van der Waals surface area contributed by atoms with Crippen LogP contribution in [-0.4, -0.2) is 16.9 Å². The molecule has 0 unspecified atom stereocenters. The number of nitrogens with zero attached hydrogens (tertiary/aromatic N) is 1. The van der Waals surface area contributed by atoms with Gasteiger partial charge in [-0.05, 0) is 42.0 Å². The molecule has 1 heterocycles. The van der Waals surface area contributed by atoms with E-state index in [0.29, 0.717) is 16.3 Å². The molecule has 0 fully saturated rings. The van der Waals surface area contributed by atoms with Gasteiger partial charge in [-0.1, -0.05) is 41.9 Å². The summed E-state index contributed by atoms with van der Waals surface area (Å²) in [6.45, 7) is 0.0993. The summed E-state index contributed by atoms with van der Waals surface area (Å²) in [5, 5.41) is 3.12. The maximum Gasteiger partial charge on any atom is 0.340 e. The average Bonchev–Trinajstić information content (AvgIpc) is 2.68. The van der Waals surface area contributed by atoms with E-state index in [1.807, 2.05) is 30.3 Å². The minimum Gasteiger partial charge on any atom is -0.457 e. The number of hydrogen-bond donors (Lipinski definition) is 1. The van der Waals surface area contributed by atoms with Crippen molar-refractivity contribution in [3.05, 3.63) is 94.8 Å². The van der Waals surface area contributed by atoms with Gasteiger partial charge in [0.1, 0.15) is 11.8 Å². The molecular weight excluding hydrogens is 352 g/mol. The Bertz CT molecular complexity index is 895. The zero-order valence-electron chi connectivity index (χ0n) is 13.7. The number of anilines is 1. The molecule has 0 spiro atoms. The smallest absolute Gasteiger partial charge is 0.340 e. The second kappa shape index (κ2) is 8.27. The van der Waals surface area contributed by atoms with E-state index in [2.05, 4.69) is 10.3 Å². The van der Waals surface area contributed by atoms with Crippen LogP contribution in [0.4, 0.5) is 5.69 Å². The van der Waals surface area contributed by atoms with Crippen LogP contribution in [-0.2, 0) is 11.3 Å². The number of nitrogens with one attached hydrogen (secondary N) is 1. The van der Waals surface area contributed by atoms with E-state index in [9.17, 15) is 9.59 Å². The molecule has 3 rings (SSSR count). The molecule has 26 heavy (non-hydrogen) atoms. The lowest BCUT2D eigenvalue weighted by atomic mass is 10.1. The fourth-order valence-electron chi connectivity index (χ4n) is 2.21. The molecule has 1 aromatic heterocycles. The molecule has 1 N–H and O–H groups in total. The Kier molecular flexibility index (Phi) is 5.61. The van der Waals surface area contributed by atoms with Crippen molar-refractivity contribution in [2.45, 2.75) is 6.61 Å². The first-order valence-corrected chi connectivity index (χ1v) is 8.23. The molecule has 1 amide bonds. The van der Waals surface area contributed by atoms with E-state index in [4.69, 9.17) is 16.3 Å². The van der Waals surface area contributed by atoms with E-state index in [-0.39, 0.29) is 12.5 Å². The first-order chi connectivity index (χ1) is 12.6. The first-order valence-electron chi connectivity index (χ1n) is 7.86. The quantitative estimate of drug-likeness (QED) is 0.538. The number of amides is 1. The topological polar surface area (TPSA) is 68.3 Å². The molecule has 0 saturated carbocycles. The summed E-state index contributed by atoms with van der Waals surface area (Å²) >= 11 is 5.68. The Balaban J connectivity index is 1.56. The van der Waals surface area contributed by atoms with Gasteiger partial charge in [0.2, 0.25) is 0 Å². The van der Waals surface area contributed by atoms with Gasteiger partial charge in [-0.15, -0.1) is 0 Å². The average molecular weight is 367 g/mol. The largest absolute Gasteiger partial charge is 0.457 e. The molecule has 0 atom stereocenters. The number of hydrogen-bond acceptors (Lipinski definition) is 4. The number of carbonyl (C=O) groups is 2. The number of para-hydroxylation sites is 1. The van der Waals surface area contributed by atoms with E-state index >= 15 is 0 Å². The summed E-state index contributed by atoms with van der Waals surface area (Å²) in [7, 11) is 0. The van der Waals surface area contributed by atoms with Crippen LogP contribution in [0.15, 0.2) is 72.9 Å². The minimum absolute atomic E-state index is 0.0993. The molecular formula is C20H15ClN2O3. The van der Waals surface area contributed by atoms with Gasteiger partial charge < -0.3 is 10.1 Å². The van der Waals surface area contributed by atoms with E-state index in [1.54, 1.807) is 30.3 Å². The van der Waals surface area contributed by atoms with Crippen LogP contribution in [0.1, 0.15) is 26.3 Å². The summed E-state index contributed by atoms with van der Waals surface area (Å²) in [4.78, 5) is 28.0. The molecule has 6 heteroatoms. The minimum atomic E-state index is -0.486. The van der Waals surface area contributed by atoms with E-state index < -0.39 is 5.97 Å². The predicted molar refractivity (Wildman–Crippen MR) is 99.2 cm³/mol. The Morgan fingerprint density at radius 2 is 1.62 bits per heavy atom. The van der Waals surface area contributed by atoms with Gasteiger partial charge in [-0.2, -0.15) is 0 Å². The number of pyridine rings is 1. The van der Waals surface area contributed by atoms with Crippen LogP contribution in [0, 0.1) is 0 Å². The Labute approximate surface area is 155 Å². The standard InChI is InChI=1S/C20H15ClN2O3/c21-18-11-10-16(12-22-18)20(25)26-13-14-6-8-15(9-7-14)19(24)23-17-4-2-1-3-5-17/h1-12H,13H2,(H,23,24). The van der Waals surface area contributed by atoms with E-state index in [1.165, 1.54) is 12.3 Å². The summed E-state index contributed by atoms with van der Waals surface area (Å²) in [5.41, 5.74) is 2.35. The lowest BCUT2D eigenvalue weighted by Gasteiger charge is -2.07. The highest BCUT2D eigenvalue weighted by Gasteiger charge is 2.09. The second-order valence-corrected chi connectivity index (χ2v) is 5.85. The van der Waals surface area contributed by atoms with Gasteiger partial charge >= 0.3 is 5.97 Å². The molecule has 130 valence electrons. The Morgan fingerprint density at radius 1 is 0.923 bits per heavy atom. The highest BCUT2D eigenvalue weighted by molar-refractivity contribution is 6.29. The van der Waals surface area contributed by atoms with Crippen LogP contribution >= 0.6 is 11.6 Å². The molecule has 0 aliphatic rings. The van der Waals surface area contributed by atoms with Gasteiger partial charge in [0.05, 0.1) is 5.56 Å². The third-order valence-corrected chi connectivity index (χ3v) is 3.80. The molecule has 0 saturated heterocycles. The number of halogens is 1. The van der Waals surface area contributed by atoms with Gasteiger partial charge in [-0.3, -0.25) is 4.79 Å². The SMILES string of the molecule is O=C(Nc1ccccc1)c1ccc(COC(=O)c2ccc(Cl)nc2)cc1. The Morgan fingerprint density at radius 3 is 2.27 bits per heavy atom. The van der Waals surface area contributed by atoms with Crippen molar-refractivity contribution in [1.29, 1.82) is 0 Å². The van der Waals surface area contributed by atoms with Crippen molar-refractivity contribution in [2.24, 2.45) is 0 Å². The van der Waals surface area contributed by atoms with Gasteiger partial charge in [0.15, 0.2) is 0 Å². The number of esters is 1. The number of aromatic nitrogens is 1. The van der Waals surface area contributed by atoms with Gasteiger partial charge in [0.25, 0.3) is 5.91 Å². The van der Waals surface area contributed by atoms with Crippen LogP contribution in [0.2, 0.25) is 5.15 Å². The molecule has 2 aromatic carbocycles.